The molecule has 2 aromatic carbocycles. The van der Waals surface area contributed by atoms with E-state index in [4.69, 9.17) is 0 Å². The molecule has 3 aromatic rings. The van der Waals surface area contributed by atoms with Crippen LogP contribution in [-0.2, 0) is 9.84 Å². The summed E-state index contributed by atoms with van der Waals surface area (Å²) in [5.41, 5.74) is 1.74. The third-order valence-electron chi connectivity index (χ3n) is 3.87. The van der Waals surface area contributed by atoms with E-state index in [-0.39, 0.29) is 10.8 Å². The molecule has 0 saturated heterocycles. The molecule has 0 bridgehead atoms. The molecular weight excluding hydrogens is 378 g/mol. The SMILES string of the molecule is CS(=O)(=O)c1ccc(C(=O)Nc2cccc(C(=O)Nc3ccncc3)c2)cc1. The lowest BCUT2D eigenvalue weighted by Gasteiger charge is -2.09. The molecular formula is C20H17N3O4S. The van der Waals surface area contributed by atoms with Crippen LogP contribution in [-0.4, -0.2) is 31.5 Å². The molecule has 3 rings (SSSR count). The molecule has 0 aliphatic rings. The van der Waals surface area contributed by atoms with E-state index in [1.807, 2.05) is 0 Å². The number of pyridine rings is 1. The molecule has 7 nitrogen and oxygen atoms in total. The molecule has 0 atom stereocenters. The predicted octanol–water partition coefficient (Wildman–Crippen LogP) is 2.99. The monoisotopic (exact) mass is 395 g/mol. The Labute approximate surface area is 162 Å². The maximum atomic E-state index is 12.4. The van der Waals surface area contributed by atoms with Crippen molar-refractivity contribution in [2.75, 3.05) is 16.9 Å². The number of rotatable bonds is 5. The predicted molar refractivity (Wildman–Crippen MR) is 106 cm³/mol. The van der Waals surface area contributed by atoms with Gasteiger partial charge in [0.25, 0.3) is 11.8 Å². The summed E-state index contributed by atoms with van der Waals surface area (Å²) >= 11 is 0. The van der Waals surface area contributed by atoms with Crippen LogP contribution in [0.3, 0.4) is 0 Å². The van der Waals surface area contributed by atoms with Crippen LogP contribution in [0, 0.1) is 0 Å². The van der Waals surface area contributed by atoms with Gasteiger partial charge in [-0.15, -0.1) is 0 Å². The summed E-state index contributed by atoms with van der Waals surface area (Å²) in [4.78, 5) is 28.8. The van der Waals surface area contributed by atoms with Crippen molar-refractivity contribution in [2.24, 2.45) is 0 Å². The average molecular weight is 395 g/mol. The second-order valence-corrected chi connectivity index (χ2v) is 8.04. The van der Waals surface area contributed by atoms with Crippen LogP contribution in [0.2, 0.25) is 0 Å². The molecule has 28 heavy (non-hydrogen) atoms. The second-order valence-electron chi connectivity index (χ2n) is 6.02. The molecule has 2 amide bonds. The maximum Gasteiger partial charge on any atom is 0.255 e. The Balaban J connectivity index is 1.72. The molecule has 1 aromatic heterocycles. The number of hydrogen-bond acceptors (Lipinski definition) is 5. The van der Waals surface area contributed by atoms with Gasteiger partial charge in [0.2, 0.25) is 0 Å². The number of carbonyl (C=O) groups excluding carboxylic acids is 2. The molecule has 0 fully saturated rings. The lowest BCUT2D eigenvalue weighted by Crippen LogP contribution is -2.14. The Hall–Kier alpha value is -3.52. The molecule has 0 spiro atoms. The average Bonchev–Trinajstić information content (AvgIpc) is 2.68. The van der Waals surface area contributed by atoms with Crippen LogP contribution >= 0.6 is 0 Å². The summed E-state index contributed by atoms with van der Waals surface area (Å²) in [5.74, 6) is -0.730. The fourth-order valence-electron chi connectivity index (χ4n) is 2.43. The van der Waals surface area contributed by atoms with Crippen molar-refractivity contribution in [2.45, 2.75) is 4.90 Å². The normalized spacial score (nSPS) is 10.9. The van der Waals surface area contributed by atoms with Crippen LogP contribution in [0.1, 0.15) is 20.7 Å². The van der Waals surface area contributed by atoms with Crippen molar-refractivity contribution in [3.8, 4) is 0 Å². The van der Waals surface area contributed by atoms with Crippen molar-refractivity contribution < 1.29 is 18.0 Å². The number of amides is 2. The zero-order valence-electron chi connectivity index (χ0n) is 14.9. The van der Waals surface area contributed by atoms with Crippen molar-refractivity contribution in [3.05, 3.63) is 84.2 Å². The zero-order chi connectivity index (χ0) is 20.1. The van der Waals surface area contributed by atoms with E-state index in [2.05, 4.69) is 15.6 Å². The van der Waals surface area contributed by atoms with Gasteiger partial charge in [-0.3, -0.25) is 14.6 Å². The van der Waals surface area contributed by atoms with Crippen LogP contribution in [0.15, 0.2) is 78.0 Å². The van der Waals surface area contributed by atoms with Gasteiger partial charge < -0.3 is 10.6 Å². The van der Waals surface area contributed by atoms with Gasteiger partial charge in [0.05, 0.1) is 4.90 Å². The number of nitrogens with one attached hydrogen (secondary N) is 2. The van der Waals surface area contributed by atoms with Gasteiger partial charge in [0, 0.05) is 41.2 Å². The number of nitrogens with zero attached hydrogens (tertiary/aromatic N) is 1. The Morgan fingerprint density at radius 3 is 2.04 bits per heavy atom. The van der Waals surface area contributed by atoms with Crippen LogP contribution in [0.4, 0.5) is 11.4 Å². The van der Waals surface area contributed by atoms with Gasteiger partial charge in [-0.25, -0.2) is 8.42 Å². The first kappa shape index (κ1) is 19.2. The minimum Gasteiger partial charge on any atom is -0.322 e. The third kappa shape index (κ3) is 4.80. The summed E-state index contributed by atoms with van der Waals surface area (Å²) in [6.07, 6.45) is 4.24. The van der Waals surface area contributed by atoms with Crippen molar-refractivity contribution in [1.29, 1.82) is 0 Å². The summed E-state index contributed by atoms with van der Waals surface area (Å²) in [6, 6.07) is 15.5. The van der Waals surface area contributed by atoms with Gasteiger partial charge >= 0.3 is 0 Å². The lowest BCUT2D eigenvalue weighted by molar-refractivity contribution is 0.101. The summed E-state index contributed by atoms with van der Waals surface area (Å²) in [7, 11) is -3.33. The number of benzene rings is 2. The highest BCUT2D eigenvalue weighted by atomic mass is 32.2. The lowest BCUT2D eigenvalue weighted by atomic mass is 10.1. The molecule has 0 saturated carbocycles. The number of carbonyl (C=O) groups is 2. The molecule has 0 unspecified atom stereocenters. The van der Waals surface area contributed by atoms with Crippen LogP contribution < -0.4 is 10.6 Å². The highest BCUT2D eigenvalue weighted by Crippen LogP contribution is 2.16. The van der Waals surface area contributed by atoms with Crippen molar-refractivity contribution >= 4 is 33.0 Å². The Morgan fingerprint density at radius 1 is 0.786 bits per heavy atom. The van der Waals surface area contributed by atoms with E-state index in [0.717, 1.165) is 6.26 Å². The summed E-state index contributed by atoms with van der Waals surface area (Å²) in [6.45, 7) is 0. The highest BCUT2D eigenvalue weighted by molar-refractivity contribution is 7.90. The van der Waals surface area contributed by atoms with E-state index in [9.17, 15) is 18.0 Å². The summed E-state index contributed by atoms with van der Waals surface area (Å²) < 4.78 is 23.0. The fraction of sp³-hybridized carbons (Fsp3) is 0.0500. The molecule has 1 heterocycles. The third-order valence-corrected chi connectivity index (χ3v) is 4.99. The second kappa shape index (κ2) is 8.01. The van der Waals surface area contributed by atoms with Crippen molar-refractivity contribution in [3.63, 3.8) is 0 Å². The van der Waals surface area contributed by atoms with E-state index in [1.54, 1.807) is 48.8 Å². The number of sulfone groups is 1. The largest absolute Gasteiger partial charge is 0.322 e. The van der Waals surface area contributed by atoms with Gasteiger partial charge in [0.1, 0.15) is 0 Å². The maximum absolute atomic E-state index is 12.4. The highest BCUT2D eigenvalue weighted by Gasteiger charge is 2.12. The standard InChI is InChI=1S/C20H17N3O4S/c1-28(26,27)18-7-5-14(6-8-18)19(24)23-17-4-2-3-15(13-17)20(25)22-16-9-11-21-12-10-16/h2-13H,1H3,(H,23,24)(H,21,22,25). The van der Waals surface area contributed by atoms with E-state index in [0.29, 0.717) is 22.5 Å². The minimum atomic E-state index is -3.33. The van der Waals surface area contributed by atoms with Gasteiger partial charge in [-0.05, 0) is 54.6 Å². The van der Waals surface area contributed by atoms with Crippen molar-refractivity contribution in [1.82, 2.24) is 4.98 Å². The van der Waals surface area contributed by atoms with Gasteiger partial charge in [-0.2, -0.15) is 0 Å². The number of anilines is 2. The summed E-state index contributed by atoms with van der Waals surface area (Å²) in [5, 5.41) is 5.44. The Kier molecular flexibility index (Phi) is 5.51. The first-order valence-electron chi connectivity index (χ1n) is 8.26. The minimum absolute atomic E-state index is 0.138. The quantitative estimate of drug-likeness (QED) is 0.691. The molecule has 142 valence electrons. The molecule has 0 aliphatic heterocycles. The molecule has 0 radical (unpaired) electrons. The zero-order valence-corrected chi connectivity index (χ0v) is 15.7. The molecule has 8 heteroatoms. The van der Waals surface area contributed by atoms with Crippen LogP contribution in [0.25, 0.3) is 0 Å². The molecule has 0 aliphatic carbocycles. The first-order valence-corrected chi connectivity index (χ1v) is 10.1. The van der Waals surface area contributed by atoms with Crippen LogP contribution in [0.5, 0.6) is 0 Å². The topological polar surface area (TPSA) is 105 Å². The number of aromatic nitrogens is 1. The van der Waals surface area contributed by atoms with E-state index < -0.39 is 15.7 Å². The van der Waals surface area contributed by atoms with Gasteiger partial charge in [0.15, 0.2) is 9.84 Å². The molecule has 2 N–H and O–H groups in total. The Morgan fingerprint density at radius 2 is 1.39 bits per heavy atom. The smallest absolute Gasteiger partial charge is 0.255 e. The Bertz CT molecular complexity index is 1110. The first-order chi connectivity index (χ1) is 13.3. The van der Waals surface area contributed by atoms with E-state index in [1.165, 1.54) is 24.3 Å². The van der Waals surface area contributed by atoms with Gasteiger partial charge in [-0.1, -0.05) is 6.07 Å². The fourth-order valence-corrected chi connectivity index (χ4v) is 3.06. The van der Waals surface area contributed by atoms with E-state index >= 15 is 0 Å². The number of hydrogen-bond donors (Lipinski definition) is 2.